The van der Waals surface area contributed by atoms with Crippen molar-refractivity contribution >= 4 is 21.8 Å². The smallest absolute Gasteiger partial charge is 0.233 e. The minimum Gasteiger partial charge on any atom is -0.341 e. The predicted molar refractivity (Wildman–Crippen MR) is 85.1 cm³/mol. The second-order valence-electron chi connectivity index (χ2n) is 6.23. The lowest BCUT2D eigenvalue weighted by Gasteiger charge is -2.37. The number of likely N-dealkylation sites (N-methyl/N-ethyl adjacent to an activating group) is 1. The number of hydrogen-bond acceptors (Lipinski definition) is 1. The van der Waals surface area contributed by atoms with Crippen molar-refractivity contribution in [2.45, 2.75) is 54.8 Å². The number of carbonyl (C=O) groups excluding carboxylic acids is 1. The van der Waals surface area contributed by atoms with Crippen molar-refractivity contribution in [1.29, 1.82) is 0 Å². The Hall–Kier alpha value is -0.830. The molecule has 1 aromatic carbocycles. The molecule has 0 bridgehead atoms. The van der Waals surface area contributed by atoms with Crippen LogP contribution in [0.15, 0.2) is 30.3 Å². The average Bonchev–Trinajstić information content (AvgIpc) is 3.29. The Kier molecular flexibility index (Phi) is 3.89. The summed E-state index contributed by atoms with van der Waals surface area (Å²) in [5.74, 6) is 0.319. The fourth-order valence-corrected chi connectivity index (χ4v) is 4.44. The monoisotopic (exact) mass is 335 g/mol. The summed E-state index contributed by atoms with van der Waals surface area (Å²) in [7, 11) is 2.00. The highest BCUT2D eigenvalue weighted by atomic mass is 79.9. The van der Waals surface area contributed by atoms with Crippen LogP contribution >= 0.6 is 15.9 Å². The van der Waals surface area contributed by atoms with Crippen molar-refractivity contribution in [3.8, 4) is 0 Å². The molecule has 1 amide bonds. The van der Waals surface area contributed by atoms with Crippen molar-refractivity contribution in [2.24, 2.45) is 0 Å². The Balaban J connectivity index is 1.78. The van der Waals surface area contributed by atoms with Crippen LogP contribution in [0.25, 0.3) is 0 Å². The molecular weight excluding hydrogens is 314 g/mol. The first kappa shape index (κ1) is 14.1. The molecule has 3 rings (SSSR count). The van der Waals surface area contributed by atoms with E-state index in [2.05, 4.69) is 28.1 Å². The largest absolute Gasteiger partial charge is 0.341 e. The first-order chi connectivity index (χ1) is 9.65. The first-order valence-corrected chi connectivity index (χ1v) is 8.53. The molecule has 0 heterocycles. The number of carbonyl (C=O) groups is 1. The van der Waals surface area contributed by atoms with Crippen LogP contribution in [-0.2, 0) is 10.2 Å². The van der Waals surface area contributed by atoms with Crippen LogP contribution in [0.5, 0.6) is 0 Å². The van der Waals surface area contributed by atoms with E-state index >= 15 is 0 Å². The summed E-state index contributed by atoms with van der Waals surface area (Å²) in [6.07, 6.45) is 6.82. The van der Waals surface area contributed by atoms with Crippen LogP contribution in [0.1, 0.15) is 44.1 Å². The summed E-state index contributed by atoms with van der Waals surface area (Å²) in [4.78, 5) is 15.5. The number of alkyl halides is 1. The molecule has 0 aromatic heterocycles. The van der Waals surface area contributed by atoms with Crippen LogP contribution in [0.3, 0.4) is 0 Å². The number of benzene rings is 1. The Morgan fingerprint density at radius 1 is 1.20 bits per heavy atom. The van der Waals surface area contributed by atoms with E-state index in [1.807, 2.05) is 30.1 Å². The van der Waals surface area contributed by atoms with Crippen LogP contribution in [0.2, 0.25) is 0 Å². The van der Waals surface area contributed by atoms with E-state index in [9.17, 15) is 4.79 Å². The molecule has 0 saturated heterocycles. The summed E-state index contributed by atoms with van der Waals surface area (Å²) in [6.45, 7) is 0. The third kappa shape index (κ3) is 2.41. The van der Waals surface area contributed by atoms with Gasteiger partial charge in [-0.25, -0.2) is 0 Å². The minimum absolute atomic E-state index is 0.222. The Bertz CT molecular complexity index is 483. The topological polar surface area (TPSA) is 20.3 Å². The van der Waals surface area contributed by atoms with Gasteiger partial charge in [0.2, 0.25) is 5.91 Å². The summed E-state index contributed by atoms with van der Waals surface area (Å²) in [5.41, 5.74) is 0.971. The summed E-state index contributed by atoms with van der Waals surface area (Å²) < 4.78 is 0. The van der Waals surface area contributed by atoms with Gasteiger partial charge in [0.15, 0.2) is 0 Å². The molecule has 2 atom stereocenters. The summed E-state index contributed by atoms with van der Waals surface area (Å²) in [6, 6.07) is 10.7. The maximum absolute atomic E-state index is 13.0. The normalized spacial score (nSPS) is 27.9. The summed E-state index contributed by atoms with van der Waals surface area (Å²) in [5, 5.41) is 0. The van der Waals surface area contributed by atoms with Gasteiger partial charge in [0.05, 0.1) is 5.41 Å². The van der Waals surface area contributed by atoms with Crippen LogP contribution in [0, 0.1) is 0 Å². The third-order valence-electron chi connectivity index (χ3n) is 4.95. The molecule has 3 heteroatoms. The fraction of sp³-hybridized carbons (Fsp3) is 0.588. The van der Waals surface area contributed by atoms with E-state index in [1.54, 1.807) is 0 Å². The maximum atomic E-state index is 13.0. The van der Waals surface area contributed by atoms with Crippen LogP contribution in [-0.4, -0.2) is 28.7 Å². The lowest BCUT2D eigenvalue weighted by Crippen LogP contribution is -2.48. The van der Waals surface area contributed by atoms with Crippen molar-refractivity contribution in [3.05, 3.63) is 35.9 Å². The average molecular weight is 336 g/mol. The Morgan fingerprint density at radius 2 is 1.85 bits per heavy atom. The van der Waals surface area contributed by atoms with Gasteiger partial charge in [-0.15, -0.1) is 0 Å². The number of hydrogen-bond donors (Lipinski definition) is 0. The predicted octanol–water partition coefficient (Wildman–Crippen LogP) is 3.88. The Morgan fingerprint density at radius 3 is 2.45 bits per heavy atom. The van der Waals surface area contributed by atoms with Gasteiger partial charge in [-0.1, -0.05) is 59.1 Å². The van der Waals surface area contributed by atoms with E-state index in [4.69, 9.17) is 0 Å². The number of rotatable bonds is 3. The van der Waals surface area contributed by atoms with E-state index in [0.29, 0.717) is 16.8 Å². The van der Waals surface area contributed by atoms with Gasteiger partial charge in [0.1, 0.15) is 0 Å². The molecule has 108 valence electrons. The zero-order valence-corrected chi connectivity index (χ0v) is 13.6. The molecule has 2 nitrogen and oxygen atoms in total. The molecule has 2 aliphatic carbocycles. The lowest BCUT2D eigenvalue weighted by atomic mass is 9.90. The van der Waals surface area contributed by atoms with Gasteiger partial charge < -0.3 is 4.90 Å². The first-order valence-electron chi connectivity index (χ1n) is 7.62. The molecule has 20 heavy (non-hydrogen) atoms. The van der Waals surface area contributed by atoms with E-state index in [1.165, 1.54) is 24.8 Å². The quantitative estimate of drug-likeness (QED) is 0.767. The highest BCUT2D eigenvalue weighted by Gasteiger charge is 2.53. The molecule has 0 radical (unpaired) electrons. The lowest BCUT2D eigenvalue weighted by molar-refractivity contribution is -0.135. The van der Waals surface area contributed by atoms with Crippen LogP contribution in [0.4, 0.5) is 0 Å². The van der Waals surface area contributed by atoms with E-state index < -0.39 is 0 Å². The van der Waals surface area contributed by atoms with Gasteiger partial charge in [-0.2, -0.15) is 0 Å². The molecular formula is C17H22BrNO. The zero-order valence-electron chi connectivity index (χ0n) is 12.0. The van der Waals surface area contributed by atoms with Gasteiger partial charge in [-0.05, 0) is 31.2 Å². The second kappa shape index (κ2) is 5.51. The van der Waals surface area contributed by atoms with Crippen molar-refractivity contribution in [3.63, 3.8) is 0 Å². The third-order valence-corrected chi connectivity index (χ3v) is 6.02. The molecule has 2 unspecified atom stereocenters. The molecule has 0 spiro atoms. The van der Waals surface area contributed by atoms with Crippen LogP contribution < -0.4 is 0 Å². The molecule has 0 aliphatic heterocycles. The standard InChI is InChI=1S/C17H22BrNO/c1-19(15-10-6-5-9-14(15)18)16(20)17(11-12-17)13-7-3-2-4-8-13/h2-4,7-8,14-15H,5-6,9-12H2,1H3. The molecule has 2 aliphatic rings. The van der Waals surface area contributed by atoms with Gasteiger partial charge in [-0.3, -0.25) is 4.79 Å². The van der Waals surface area contributed by atoms with E-state index in [0.717, 1.165) is 19.3 Å². The SMILES string of the molecule is CN(C(=O)C1(c2ccccc2)CC1)C1CCCCC1Br. The van der Waals surface area contributed by atoms with Crippen molar-refractivity contribution < 1.29 is 4.79 Å². The highest BCUT2D eigenvalue weighted by Crippen LogP contribution is 2.50. The zero-order chi connectivity index (χ0) is 14.2. The van der Waals surface area contributed by atoms with Gasteiger partial charge in [0, 0.05) is 17.9 Å². The van der Waals surface area contributed by atoms with Crippen molar-refractivity contribution in [2.75, 3.05) is 7.05 Å². The maximum Gasteiger partial charge on any atom is 0.233 e. The van der Waals surface area contributed by atoms with Gasteiger partial charge in [0.25, 0.3) is 0 Å². The number of halogens is 1. The molecule has 0 N–H and O–H groups in total. The highest BCUT2D eigenvalue weighted by molar-refractivity contribution is 9.09. The number of nitrogens with zero attached hydrogens (tertiary/aromatic N) is 1. The molecule has 2 saturated carbocycles. The minimum atomic E-state index is -0.222. The van der Waals surface area contributed by atoms with Crippen molar-refractivity contribution in [1.82, 2.24) is 4.90 Å². The number of amides is 1. The van der Waals surface area contributed by atoms with E-state index in [-0.39, 0.29) is 5.41 Å². The Labute approximate surface area is 129 Å². The van der Waals surface area contributed by atoms with Gasteiger partial charge >= 0.3 is 0 Å². The fourth-order valence-electron chi connectivity index (χ4n) is 3.50. The summed E-state index contributed by atoms with van der Waals surface area (Å²) >= 11 is 3.77. The molecule has 2 fully saturated rings. The molecule has 1 aromatic rings. The second-order valence-corrected chi connectivity index (χ2v) is 7.41.